The summed E-state index contributed by atoms with van der Waals surface area (Å²) in [7, 11) is 1.63. The van der Waals surface area contributed by atoms with Gasteiger partial charge in [0.2, 0.25) is 0 Å². The molecular formula is C25H25BrN2O3S2. The van der Waals surface area contributed by atoms with Gasteiger partial charge in [-0.3, -0.25) is 14.5 Å². The molecule has 2 aromatic carbocycles. The van der Waals surface area contributed by atoms with Crippen LogP contribution in [0.25, 0.3) is 5.57 Å². The van der Waals surface area contributed by atoms with Gasteiger partial charge in [0.25, 0.3) is 11.8 Å². The Morgan fingerprint density at radius 3 is 2.45 bits per heavy atom. The average molecular weight is 546 g/mol. The Balaban J connectivity index is 1.60. The highest BCUT2D eigenvalue weighted by Gasteiger charge is 2.41. The molecule has 1 fully saturated rings. The molecule has 4 rings (SSSR count). The number of fused-ring (bicyclic) bond motifs is 1. The molecule has 0 radical (unpaired) electrons. The summed E-state index contributed by atoms with van der Waals surface area (Å²) in [5.74, 6) is 0.486. The van der Waals surface area contributed by atoms with E-state index in [1.807, 2.05) is 42.5 Å². The van der Waals surface area contributed by atoms with Gasteiger partial charge in [0.15, 0.2) is 0 Å². The first-order chi connectivity index (χ1) is 15.9. The average Bonchev–Trinajstić information content (AvgIpc) is 3.24. The van der Waals surface area contributed by atoms with Gasteiger partial charge in [0, 0.05) is 23.1 Å². The normalized spacial score (nSPS) is 17.8. The number of benzene rings is 2. The fraction of sp³-hybridized carbons (Fsp3) is 0.320. The van der Waals surface area contributed by atoms with Crippen LogP contribution < -0.4 is 9.64 Å². The number of hydrogen-bond acceptors (Lipinski definition) is 5. The van der Waals surface area contributed by atoms with Crippen molar-refractivity contribution >= 4 is 67.3 Å². The van der Waals surface area contributed by atoms with Gasteiger partial charge in [-0.1, -0.05) is 71.8 Å². The van der Waals surface area contributed by atoms with Crippen LogP contribution in [0, 0.1) is 0 Å². The molecule has 172 valence electrons. The van der Waals surface area contributed by atoms with Crippen molar-refractivity contribution in [1.29, 1.82) is 0 Å². The largest absolute Gasteiger partial charge is 0.497 e. The Bertz CT molecular complexity index is 1130. The minimum atomic E-state index is -0.191. The number of hydrogen-bond donors (Lipinski definition) is 0. The fourth-order valence-corrected chi connectivity index (χ4v) is 5.78. The van der Waals surface area contributed by atoms with Gasteiger partial charge in [0.1, 0.15) is 10.1 Å². The predicted molar refractivity (Wildman–Crippen MR) is 142 cm³/mol. The number of ether oxygens (including phenoxy) is 1. The lowest BCUT2D eigenvalue weighted by molar-refractivity contribution is -0.122. The van der Waals surface area contributed by atoms with Gasteiger partial charge in [-0.05, 0) is 48.7 Å². The van der Waals surface area contributed by atoms with E-state index in [4.69, 9.17) is 17.0 Å². The molecule has 0 saturated carbocycles. The molecule has 0 aromatic heterocycles. The summed E-state index contributed by atoms with van der Waals surface area (Å²) in [4.78, 5) is 30.7. The highest BCUT2D eigenvalue weighted by molar-refractivity contribution is 9.10. The van der Waals surface area contributed by atoms with E-state index in [-0.39, 0.29) is 11.8 Å². The Kier molecular flexibility index (Phi) is 7.56. The van der Waals surface area contributed by atoms with Crippen LogP contribution in [0.4, 0.5) is 5.69 Å². The third-order valence-corrected chi connectivity index (χ3v) is 7.76. The summed E-state index contributed by atoms with van der Waals surface area (Å²) in [6, 6.07) is 13.6. The minimum Gasteiger partial charge on any atom is -0.497 e. The molecule has 2 aliphatic heterocycles. The summed E-state index contributed by atoms with van der Waals surface area (Å²) in [6.45, 7) is 3.25. The summed E-state index contributed by atoms with van der Waals surface area (Å²) >= 11 is 10.3. The van der Waals surface area contributed by atoms with Crippen molar-refractivity contribution in [3.63, 3.8) is 0 Å². The number of amides is 2. The van der Waals surface area contributed by atoms with E-state index in [1.54, 1.807) is 16.9 Å². The third-order valence-electron chi connectivity index (χ3n) is 5.82. The van der Waals surface area contributed by atoms with Gasteiger partial charge < -0.3 is 9.64 Å². The lowest BCUT2D eigenvalue weighted by Crippen LogP contribution is -2.31. The van der Waals surface area contributed by atoms with E-state index < -0.39 is 0 Å². The number of halogens is 1. The highest BCUT2D eigenvalue weighted by Crippen LogP contribution is 2.45. The zero-order chi connectivity index (χ0) is 23.5. The number of unbranched alkanes of at least 4 members (excludes halogenated alkanes) is 2. The lowest BCUT2D eigenvalue weighted by Gasteiger charge is -2.17. The number of thioether (sulfide) groups is 1. The molecule has 2 aromatic rings. The van der Waals surface area contributed by atoms with E-state index in [0.29, 0.717) is 34.3 Å². The molecule has 0 atom stereocenters. The van der Waals surface area contributed by atoms with Crippen LogP contribution in [0.5, 0.6) is 5.75 Å². The standard InChI is InChI=1S/C25H25BrN2O3S2/c1-3-4-5-13-27-20-11-8-17(26)15-19(20)21(23(27)29)22-24(30)28(25(32)33-22)14-12-16-6-9-18(31-2)10-7-16/h6-11,15H,3-5,12-14H2,1-2H3. The van der Waals surface area contributed by atoms with Crippen molar-refractivity contribution in [3.05, 3.63) is 63.0 Å². The van der Waals surface area contributed by atoms with Crippen molar-refractivity contribution in [2.24, 2.45) is 0 Å². The molecule has 0 N–H and O–H groups in total. The summed E-state index contributed by atoms with van der Waals surface area (Å²) in [5, 5.41) is 0. The number of rotatable bonds is 8. The first kappa shape index (κ1) is 24.0. The molecule has 0 bridgehead atoms. The molecule has 0 spiro atoms. The highest BCUT2D eigenvalue weighted by atomic mass is 79.9. The van der Waals surface area contributed by atoms with Gasteiger partial charge in [0.05, 0.1) is 23.3 Å². The maximum Gasteiger partial charge on any atom is 0.267 e. The van der Waals surface area contributed by atoms with Crippen LogP contribution in [-0.2, 0) is 16.0 Å². The molecule has 1 saturated heterocycles. The zero-order valence-electron chi connectivity index (χ0n) is 18.6. The second kappa shape index (κ2) is 10.4. The van der Waals surface area contributed by atoms with Crippen LogP contribution in [0.1, 0.15) is 37.3 Å². The molecule has 2 heterocycles. The molecule has 0 aliphatic carbocycles. The van der Waals surface area contributed by atoms with Crippen LogP contribution in [-0.4, -0.2) is 41.2 Å². The Morgan fingerprint density at radius 1 is 1.00 bits per heavy atom. The number of carbonyl (C=O) groups is 2. The maximum atomic E-state index is 13.5. The fourth-order valence-electron chi connectivity index (χ4n) is 4.04. The zero-order valence-corrected chi connectivity index (χ0v) is 21.8. The maximum absolute atomic E-state index is 13.5. The Hall–Kier alpha value is -2.16. The second-order valence-corrected chi connectivity index (χ2v) is 10.5. The third kappa shape index (κ3) is 4.88. The van der Waals surface area contributed by atoms with Gasteiger partial charge >= 0.3 is 0 Å². The Labute approximate surface area is 212 Å². The molecule has 33 heavy (non-hydrogen) atoms. The molecule has 2 aliphatic rings. The van der Waals surface area contributed by atoms with E-state index in [9.17, 15) is 9.59 Å². The Morgan fingerprint density at radius 2 is 1.76 bits per heavy atom. The second-order valence-electron chi connectivity index (χ2n) is 7.95. The van der Waals surface area contributed by atoms with Crippen LogP contribution >= 0.6 is 39.9 Å². The van der Waals surface area contributed by atoms with Crippen LogP contribution in [0.2, 0.25) is 0 Å². The summed E-state index contributed by atoms with van der Waals surface area (Å²) < 4.78 is 6.57. The predicted octanol–water partition coefficient (Wildman–Crippen LogP) is 5.81. The SMILES string of the molecule is CCCCCN1C(=O)C(=C2SC(=S)N(CCc3ccc(OC)cc3)C2=O)c2cc(Br)ccc21. The van der Waals surface area contributed by atoms with Crippen molar-refractivity contribution in [1.82, 2.24) is 4.90 Å². The van der Waals surface area contributed by atoms with E-state index in [1.165, 1.54) is 11.8 Å². The van der Waals surface area contributed by atoms with Gasteiger partial charge in [-0.2, -0.15) is 0 Å². The summed E-state index contributed by atoms with van der Waals surface area (Å²) in [5.41, 5.74) is 3.21. The van der Waals surface area contributed by atoms with Crippen LogP contribution in [0.15, 0.2) is 51.8 Å². The number of thiocarbonyl (C=S) groups is 1. The topological polar surface area (TPSA) is 49.9 Å². The quantitative estimate of drug-likeness (QED) is 0.238. The number of carbonyl (C=O) groups excluding carboxylic acids is 2. The number of anilines is 1. The van der Waals surface area contributed by atoms with Gasteiger partial charge in [-0.25, -0.2) is 0 Å². The van der Waals surface area contributed by atoms with Crippen molar-refractivity contribution < 1.29 is 14.3 Å². The van der Waals surface area contributed by atoms with E-state index >= 15 is 0 Å². The van der Waals surface area contributed by atoms with Crippen molar-refractivity contribution in [3.8, 4) is 5.75 Å². The smallest absolute Gasteiger partial charge is 0.267 e. The number of nitrogens with zero attached hydrogens (tertiary/aromatic N) is 2. The lowest BCUT2D eigenvalue weighted by atomic mass is 10.1. The molecule has 5 nitrogen and oxygen atoms in total. The molecular weight excluding hydrogens is 520 g/mol. The van der Waals surface area contributed by atoms with Gasteiger partial charge in [-0.15, -0.1) is 0 Å². The molecule has 0 unspecified atom stereocenters. The monoisotopic (exact) mass is 544 g/mol. The number of methoxy groups -OCH3 is 1. The van der Waals surface area contributed by atoms with Crippen molar-refractivity contribution in [2.75, 3.05) is 25.1 Å². The first-order valence-corrected chi connectivity index (χ1v) is 13.0. The summed E-state index contributed by atoms with van der Waals surface area (Å²) in [6.07, 6.45) is 3.72. The van der Waals surface area contributed by atoms with Crippen molar-refractivity contribution in [2.45, 2.75) is 32.6 Å². The van der Waals surface area contributed by atoms with E-state index in [2.05, 4.69) is 22.9 Å². The minimum absolute atomic E-state index is 0.116. The van der Waals surface area contributed by atoms with Crippen LogP contribution in [0.3, 0.4) is 0 Å². The van der Waals surface area contributed by atoms with E-state index in [0.717, 1.165) is 46.3 Å². The molecule has 2 amide bonds. The molecule has 8 heteroatoms. The first-order valence-electron chi connectivity index (χ1n) is 11.0.